The lowest BCUT2D eigenvalue weighted by Gasteiger charge is -2.26. The number of carbonyl (C=O) groups is 1. The number of sulfonamides is 1. The number of pyridine rings is 1. The molecular formula is C29H28N2O5S. The molecule has 1 N–H and O–H groups in total. The Morgan fingerprint density at radius 2 is 1.73 bits per heavy atom. The van der Waals surface area contributed by atoms with Crippen LogP contribution in [0.3, 0.4) is 0 Å². The quantitative estimate of drug-likeness (QED) is 0.301. The highest BCUT2D eigenvalue weighted by atomic mass is 32.2. The van der Waals surface area contributed by atoms with E-state index in [9.17, 15) is 18.3 Å². The average Bonchev–Trinajstić information content (AvgIpc) is 2.88. The Morgan fingerprint density at radius 1 is 1.03 bits per heavy atom. The number of carboxylic acids is 1. The third-order valence-electron chi connectivity index (χ3n) is 6.91. The summed E-state index contributed by atoms with van der Waals surface area (Å²) < 4.78 is 35.0. The van der Waals surface area contributed by atoms with Crippen LogP contribution >= 0.6 is 0 Å². The van der Waals surface area contributed by atoms with E-state index in [2.05, 4.69) is 4.98 Å². The maximum absolute atomic E-state index is 13.9. The largest absolute Gasteiger partial charge is 0.493 e. The molecule has 0 aliphatic heterocycles. The van der Waals surface area contributed by atoms with Gasteiger partial charge >= 0.3 is 5.97 Å². The second kappa shape index (κ2) is 10.2. The van der Waals surface area contributed by atoms with Crippen LogP contribution in [0.25, 0.3) is 10.8 Å². The van der Waals surface area contributed by atoms with Crippen LogP contribution in [0.4, 0.5) is 5.82 Å². The van der Waals surface area contributed by atoms with Crippen molar-refractivity contribution in [1.29, 1.82) is 0 Å². The van der Waals surface area contributed by atoms with Gasteiger partial charge in [-0.2, -0.15) is 0 Å². The molecule has 4 aromatic rings. The molecule has 8 heteroatoms. The third kappa shape index (κ3) is 5.15. The maximum atomic E-state index is 13.9. The van der Waals surface area contributed by atoms with Gasteiger partial charge in [-0.1, -0.05) is 42.8 Å². The Morgan fingerprint density at radius 3 is 2.38 bits per heavy atom. The van der Waals surface area contributed by atoms with Gasteiger partial charge in [0, 0.05) is 17.1 Å². The first-order valence-corrected chi connectivity index (χ1v) is 13.7. The number of hydrogen-bond acceptors (Lipinski definition) is 5. The van der Waals surface area contributed by atoms with Crippen molar-refractivity contribution in [3.8, 4) is 5.75 Å². The van der Waals surface area contributed by atoms with Crippen molar-refractivity contribution < 1.29 is 23.1 Å². The van der Waals surface area contributed by atoms with Crippen LogP contribution in [-0.4, -0.2) is 31.1 Å². The van der Waals surface area contributed by atoms with Crippen LogP contribution in [-0.2, 0) is 16.6 Å². The number of rotatable bonds is 9. The van der Waals surface area contributed by atoms with Gasteiger partial charge in [0.05, 0.1) is 23.6 Å². The van der Waals surface area contributed by atoms with Crippen LogP contribution in [0.15, 0.2) is 83.9 Å². The molecule has 1 aliphatic rings. The number of aromatic nitrogens is 1. The van der Waals surface area contributed by atoms with Gasteiger partial charge in [-0.25, -0.2) is 22.5 Å². The van der Waals surface area contributed by atoms with Crippen LogP contribution in [0, 0.1) is 12.8 Å². The molecule has 0 radical (unpaired) electrons. The number of anilines is 1. The Balaban J connectivity index is 1.50. The summed E-state index contributed by atoms with van der Waals surface area (Å²) in [6.07, 6.45) is 5.34. The third-order valence-corrected chi connectivity index (χ3v) is 8.66. The Hall–Kier alpha value is -3.91. The number of nitrogens with zero attached hydrogens (tertiary/aromatic N) is 2. The number of aryl methyl sites for hydroxylation is 1. The predicted octanol–water partition coefficient (Wildman–Crippen LogP) is 5.82. The maximum Gasteiger partial charge on any atom is 0.335 e. The van der Waals surface area contributed by atoms with Crippen LogP contribution in [0.5, 0.6) is 5.75 Å². The van der Waals surface area contributed by atoms with Gasteiger partial charge in [0.15, 0.2) is 0 Å². The van der Waals surface area contributed by atoms with Crippen molar-refractivity contribution >= 4 is 32.6 Å². The molecule has 0 bridgehead atoms. The van der Waals surface area contributed by atoms with Gasteiger partial charge in [0.1, 0.15) is 11.6 Å². The smallest absolute Gasteiger partial charge is 0.335 e. The standard InChI is InChI=1S/C29H28N2O5S/c1-20-27-8-3-2-7-24(27)17-30-28(20)31(37(34,35)26-15-11-23(12-16-26)29(32)33)18-21-9-13-25(14-10-21)36-19-22-5-4-6-22/h2-3,7-17,22H,4-6,18-19H2,1H3,(H,32,33). The molecular weight excluding hydrogens is 488 g/mol. The second-order valence-corrected chi connectivity index (χ2v) is 11.2. The van der Waals surface area contributed by atoms with E-state index in [0.717, 1.165) is 27.6 Å². The van der Waals surface area contributed by atoms with Crippen LogP contribution in [0.1, 0.15) is 40.7 Å². The lowest BCUT2D eigenvalue weighted by molar-refractivity contribution is 0.0696. The molecule has 37 heavy (non-hydrogen) atoms. The zero-order valence-electron chi connectivity index (χ0n) is 20.5. The zero-order valence-corrected chi connectivity index (χ0v) is 21.3. The van der Waals surface area contributed by atoms with E-state index in [4.69, 9.17) is 4.74 Å². The molecule has 0 amide bonds. The first-order chi connectivity index (χ1) is 17.8. The van der Waals surface area contributed by atoms with Crippen molar-refractivity contribution in [3.05, 3.63) is 95.7 Å². The number of fused-ring (bicyclic) bond motifs is 1. The SMILES string of the molecule is Cc1c(N(Cc2ccc(OCC3CCC3)cc2)S(=O)(=O)c2ccc(C(=O)O)cc2)ncc2ccccc12. The molecule has 0 saturated heterocycles. The molecule has 0 unspecified atom stereocenters. The molecule has 0 atom stereocenters. The highest BCUT2D eigenvalue weighted by molar-refractivity contribution is 7.92. The van der Waals surface area contributed by atoms with Crippen molar-refractivity contribution in [1.82, 2.24) is 4.98 Å². The normalized spacial score (nSPS) is 13.8. The highest BCUT2D eigenvalue weighted by Crippen LogP contribution is 2.32. The van der Waals surface area contributed by atoms with Gasteiger partial charge in [-0.15, -0.1) is 0 Å². The molecule has 0 spiro atoms. The lowest BCUT2D eigenvalue weighted by atomic mass is 9.86. The molecule has 5 rings (SSSR count). The van der Waals surface area contributed by atoms with E-state index in [1.165, 1.54) is 47.8 Å². The van der Waals surface area contributed by atoms with Crippen molar-refractivity contribution in [2.24, 2.45) is 5.92 Å². The molecule has 7 nitrogen and oxygen atoms in total. The van der Waals surface area contributed by atoms with E-state index in [1.807, 2.05) is 55.5 Å². The van der Waals surface area contributed by atoms with Crippen LogP contribution in [0.2, 0.25) is 0 Å². The molecule has 3 aromatic carbocycles. The van der Waals surface area contributed by atoms with Gasteiger partial charge < -0.3 is 9.84 Å². The number of carboxylic acid groups (broad SMARTS) is 1. The molecule has 1 aliphatic carbocycles. The minimum Gasteiger partial charge on any atom is -0.493 e. The first-order valence-electron chi connectivity index (χ1n) is 12.2. The fraction of sp³-hybridized carbons (Fsp3) is 0.241. The second-order valence-electron chi connectivity index (χ2n) is 9.39. The van der Waals surface area contributed by atoms with Crippen molar-refractivity contribution in [2.75, 3.05) is 10.9 Å². The Kier molecular flexibility index (Phi) is 6.84. The van der Waals surface area contributed by atoms with Gasteiger partial charge in [-0.05, 0) is 73.0 Å². The van der Waals surface area contributed by atoms with Gasteiger partial charge in [-0.3, -0.25) is 0 Å². The summed E-state index contributed by atoms with van der Waals surface area (Å²) in [6, 6.07) is 20.4. The van der Waals surface area contributed by atoms with Gasteiger partial charge in [0.25, 0.3) is 10.0 Å². The summed E-state index contributed by atoms with van der Waals surface area (Å²) in [6.45, 7) is 2.61. The average molecular weight is 517 g/mol. The fourth-order valence-corrected chi connectivity index (χ4v) is 5.92. The van der Waals surface area contributed by atoms with Crippen LogP contribution < -0.4 is 9.04 Å². The number of aromatic carboxylic acids is 1. The molecule has 1 aromatic heterocycles. The summed E-state index contributed by atoms with van der Waals surface area (Å²) in [7, 11) is -4.07. The minimum absolute atomic E-state index is 0.00712. The molecule has 1 fully saturated rings. The van der Waals surface area contributed by atoms with Crippen molar-refractivity contribution in [3.63, 3.8) is 0 Å². The van der Waals surface area contributed by atoms with E-state index < -0.39 is 16.0 Å². The predicted molar refractivity (Wildman–Crippen MR) is 143 cm³/mol. The summed E-state index contributed by atoms with van der Waals surface area (Å²) in [5.74, 6) is 0.586. The summed E-state index contributed by atoms with van der Waals surface area (Å²) in [4.78, 5) is 15.8. The Bertz CT molecular complexity index is 1530. The number of hydrogen-bond donors (Lipinski definition) is 1. The molecule has 190 valence electrons. The highest BCUT2D eigenvalue weighted by Gasteiger charge is 2.28. The monoisotopic (exact) mass is 516 g/mol. The Labute approximate surface area is 216 Å². The summed E-state index contributed by atoms with van der Waals surface area (Å²) in [5.41, 5.74) is 1.53. The van der Waals surface area contributed by atoms with E-state index >= 15 is 0 Å². The van der Waals surface area contributed by atoms with E-state index in [-0.39, 0.29) is 17.0 Å². The number of ether oxygens (including phenoxy) is 1. The van der Waals surface area contributed by atoms with Crippen molar-refractivity contribution in [2.45, 2.75) is 37.6 Å². The minimum atomic E-state index is -4.07. The van der Waals surface area contributed by atoms with Gasteiger partial charge in [0.2, 0.25) is 0 Å². The van der Waals surface area contributed by atoms with E-state index in [0.29, 0.717) is 18.3 Å². The number of benzene rings is 3. The molecule has 1 saturated carbocycles. The first kappa shape index (κ1) is 24.8. The van der Waals surface area contributed by atoms with E-state index in [1.54, 1.807) is 6.20 Å². The topological polar surface area (TPSA) is 96.8 Å². The summed E-state index contributed by atoms with van der Waals surface area (Å²) >= 11 is 0. The summed E-state index contributed by atoms with van der Waals surface area (Å²) in [5, 5.41) is 11.1. The molecule has 1 heterocycles. The zero-order chi connectivity index (χ0) is 26.0. The fourth-order valence-electron chi connectivity index (χ4n) is 4.45. The lowest BCUT2D eigenvalue weighted by Crippen LogP contribution is -2.32.